The Morgan fingerprint density at radius 1 is 1.12 bits per heavy atom. The minimum Gasteiger partial charge on any atom is -0.355 e. The lowest BCUT2D eigenvalue weighted by atomic mass is 10.2. The molecule has 1 fully saturated rings. The zero-order valence-electron chi connectivity index (χ0n) is 14.0. The molecule has 0 bridgehead atoms. The van der Waals surface area contributed by atoms with E-state index in [9.17, 15) is 18.0 Å². The second kappa shape index (κ2) is 8.64. The molecule has 1 aromatic rings. The van der Waals surface area contributed by atoms with Crippen LogP contribution in [0.15, 0.2) is 23.1 Å². The van der Waals surface area contributed by atoms with Crippen molar-refractivity contribution in [2.24, 2.45) is 0 Å². The minimum atomic E-state index is -3.72. The molecule has 25 heavy (non-hydrogen) atoms. The van der Waals surface area contributed by atoms with Crippen LogP contribution in [0.3, 0.4) is 0 Å². The monoisotopic (exact) mass is 387 g/mol. The number of carbonyl (C=O) groups excluding carboxylic acids is 2. The normalized spacial score (nSPS) is 15.6. The maximum atomic E-state index is 12.8. The predicted octanol–water partition coefficient (Wildman–Crippen LogP) is 1.38. The maximum Gasteiger partial charge on any atom is 0.251 e. The number of hydrogen-bond donors (Lipinski definition) is 2. The summed E-state index contributed by atoms with van der Waals surface area (Å²) in [5, 5.41) is 5.29. The lowest BCUT2D eigenvalue weighted by Crippen LogP contribution is -2.36. The van der Waals surface area contributed by atoms with Crippen molar-refractivity contribution in [2.45, 2.75) is 31.1 Å². The summed E-state index contributed by atoms with van der Waals surface area (Å²) in [5.41, 5.74) is 0.211. The number of benzene rings is 1. The molecule has 9 heteroatoms. The number of halogens is 1. The molecule has 1 saturated heterocycles. The van der Waals surface area contributed by atoms with Crippen LogP contribution in [0.5, 0.6) is 0 Å². The van der Waals surface area contributed by atoms with Gasteiger partial charge in [-0.2, -0.15) is 4.31 Å². The Labute approximate surface area is 152 Å². The van der Waals surface area contributed by atoms with Gasteiger partial charge in [-0.15, -0.1) is 0 Å². The van der Waals surface area contributed by atoms with Crippen molar-refractivity contribution in [3.8, 4) is 0 Å². The fraction of sp³-hybridized carbons (Fsp3) is 0.500. The number of nitrogens with one attached hydrogen (secondary N) is 2. The average Bonchev–Trinajstić information content (AvgIpc) is 2.59. The van der Waals surface area contributed by atoms with E-state index < -0.39 is 15.9 Å². The predicted molar refractivity (Wildman–Crippen MR) is 95.1 cm³/mol. The van der Waals surface area contributed by atoms with E-state index in [0.717, 1.165) is 19.3 Å². The molecule has 7 nitrogen and oxygen atoms in total. The fourth-order valence-corrected chi connectivity index (χ4v) is 4.62. The van der Waals surface area contributed by atoms with E-state index in [-0.39, 0.29) is 27.9 Å². The molecule has 0 unspecified atom stereocenters. The molecule has 0 aromatic heterocycles. The van der Waals surface area contributed by atoms with E-state index >= 15 is 0 Å². The molecule has 2 N–H and O–H groups in total. The van der Waals surface area contributed by atoms with Crippen molar-refractivity contribution in [2.75, 3.05) is 26.2 Å². The molecule has 0 saturated carbocycles. The van der Waals surface area contributed by atoms with Gasteiger partial charge in [-0.3, -0.25) is 9.59 Å². The van der Waals surface area contributed by atoms with Crippen molar-refractivity contribution >= 4 is 33.4 Å². The number of amides is 2. The summed E-state index contributed by atoms with van der Waals surface area (Å²) in [7, 11) is -3.72. The Kier molecular flexibility index (Phi) is 6.80. The molecule has 1 aromatic carbocycles. The summed E-state index contributed by atoms with van der Waals surface area (Å²) in [5.74, 6) is -0.604. The lowest BCUT2D eigenvalue weighted by Gasteiger charge is -2.26. The number of rotatable bonds is 6. The quantitative estimate of drug-likeness (QED) is 0.721. The van der Waals surface area contributed by atoms with E-state index in [4.69, 9.17) is 11.6 Å². The Bertz CT molecular complexity index is 746. The van der Waals surface area contributed by atoms with Gasteiger partial charge >= 0.3 is 0 Å². The molecule has 0 atom stereocenters. The SMILES string of the molecule is CC(=O)NCCNC(=O)c1ccc(Cl)c(S(=O)(=O)N2CCCCC2)c1. The van der Waals surface area contributed by atoms with Gasteiger partial charge in [0.05, 0.1) is 5.02 Å². The fourth-order valence-electron chi connectivity index (χ4n) is 2.60. The Balaban J connectivity index is 2.13. The number of carbonyl (C=O) groups is 2. The van der Waals surface area contributed by atoms with Crippen LogP contribution in [0.25, 0.3) is 0 Å². The first kappa shape index (κ1) is 19.7. The highest BCUT2D eigenvalue weighted by atomic mass is 35.5. The molecular formula is C16H22ClN3O4S. The van der Waals surface area contributed by atoms with Crippen molar-refractivity contribution in [3.63, 3.8) is 0 Å². The minimum absolute atomic E-state index is 0.0504. The number of nitrogens with zero attached hydrogens (tertiary/aromatic N) is 1. The Hall–Kier alpha value is -1.64. The van der Waals surface area contributed by atoms with E-state index in [0.29, 0.717) is 19.6 Å². The first-order valence-electron chi connectivity index (χ1n) is 8.14. The summed E-state index contributed by atoms with van der Waals surface area (Å²) < 4.78 is 27.0. The van der Waals surface area contributed by atoms with Gasteiger partial charge in [0.2, 0.25) is 15.9 Å². The average molecular weight is 388 g/mol. The number of piperidine rings is 1. The summed E-state index contributed by atoms with van der Waals surface area (Å²) in [6.45, 7) is 2.86. The van der Waals surface area contributed by atoms with Gasteiger partial charge in [-0.05, 0) is 31.0 Å². The summed E-state index contributed by atoms with van der Waals surface area (Å²) in [4.78, 5) is 22.9. The first-order chi connectivity index (χ1) is 11.8. The third-order valence-corrected chi connectivity index (χ3v) is 6.29. The van der Waals surface area contributed by atoms with Crippen LogP contribution < -0.4 is 10.6 Å². The zero-order chi connectivity index (χ0) is 18.4. The van der Waals surface area contributed by atoms with Crippen LogP contribution in [0.4, 0.5) is 0 Å². The standard InChI is InChI=1S/C16H22ClN3O4S/c1-12(21)18-7-8-19-16(22)13-5-6-14(17)15(11-13)25(23,24)20-9-3-2-4-10-20/h5-6,11H,2-4,7-10H2,1H3,(H,18,21)(H,19,22). The van der Waals surface area contributed by atoms with Gasteiger partial charge in [0.15, 0.2) is 0 Å². The lowest BCUT2D eigenvalue weighted by molar-refractivity contribution is -0.118. The molecular weight excluding hydrogens is 366 g/mol. The topological polar surface area (TPSA) is 95.6 Å². The molecule has 0 aliphatic carbocycles. The van der Waals surface area contributed by atoms with E-state index in [2.05, 4.69) is 10.6 Å². The molecule has 0 radical (unpaired) electrons. The smallest absolute Gasteiger partial charge is 0.251 e. The van der Waals surface area contributed by atoms with Crippen LogP contribution in [0.1, 0.15) is 36.5 Å². The molecule has 138 valence electrons. The summed E-state index contributed by atoms with van der Waals surface area (Å²) in [6.07, 6.45) is 2.65. The van der Waals surface area contributed by atoms with Crippen LogP contribution in [-0.2, 0) is 14.8 Å². The van der Waals surface area contributed by atoms with Crippen molar-refractivity contribution in [3.05, 3.63) is 28.8 Å². The van der Waals surface area contributed by atoms with Gasteiger partial charge in [0.25, 0.3) is 5.91 Å². The third-order valence-electron chi connectivity index (χ3n) is 3.91. The third kappa shape index (κ3) is 5.17. The second-order valence-corrected chi connectivity index (χ2v) is 8.16. The van der Waals surface area contributed by atoms with Gasteiger partial charge < -0.3 is 10.6 Å². The Morgan fingerprint density at radius 3 is 2.40 bits per heavy atom. The van der Waals surface area contributed by atoms with E-state index in [1.807, 2.05) is 0 Å². The van der Waals surface area contributed by atoms with Crippen LogP contribution in [-0.4, -0.2) is 50.7 Å². The molecule has 1 aliphatic heterocycles. The molecule has 0 spiro atoms. The van der Waals surface area contributed by atoms with E-state index in [1.54, 1.807) is 0 Å². The van der Waals surface area contributed by atoms with Gasteiger partial charge in [-0.25, -0.2) is 8.42 Å². The van der Waals surface area contributed by atoms with Gasteiger partial charge in [0.1, 0.15) is 4.90 Å². The van der Waals surface area contributed by atoms with Crippen LogP contribution in [0.2, 0.25) is 5.02 Å². The highest BCUT2D eigenvalue weighted by Crippen LogP contribution is 2.27. The zero-order valence-corrected chi connectivity index (χ0v) is 15.6. The second-order valence-electron chi connectivity index (χ2n) is 5.85. The first-order valence-corrected chi connectivity index (χ1v) is 9.96. The molecule has 2 rings (SSSR count). The van der Waals surface area contributed by atoms with Gasteiger partial charge in [-0.1, -0.05) is 18.0 Å². The van der Waals surface area contributed by atoms with Crippen molar-refractivity contribution in [1.82, 2.24) is 14.9 Å². The van der Waals surface area contributed by atoms with Crippen molar-refractivity contribution < 1.29 is 18.0 Å². The number of hydrogen-bond acceptors (Lipinski definition) is 4. The number of sulfonamides is 1. The largest absolute Gasteiger partial charge is 0.355 e. The molecule has 2 amide bonds. The van der Waals surface area contributed by atoms with Gasteiger partial charge in [0, 0.05) is 38.7 Å². The Morgan fingerprint density at radius 2 is 1.76 bits per heavy atom. The summed E-state index contributed by atoms with van der Waals surface area (Å²) >= 11 is 6.08. The summed E-state index contributed by atoms with van der Waals surface area (Å²) in [6, 6.07) is 4.20. The maximum absolute atomic E-state index is 12.8. The van der Waals surface area contributed by atoms with Crippen LogP contribution >= 0.6 is 11.6 Å². The highest BCUT2D eigenvalue weighted by molar-refractivity contribution is 7.89. The molecule has 1 aliphatic rings. The van der Waals surface area contributed by atoms with Crippen LogP contribution in [0, 0.1) is 0 Å². The van der Waals surface area contributed by atoms with Crippen molar-refractivity contribution in [1.29, 1.82) is 0 Å². The molecule has 1 heterocycles. The highest BCUT2D eigenvalue weighted by Gasteiger charge is 2.28. The van der Waals surface area contributed by atoms with E-state index in [1.165, 1.54) is 29.4 Å².